The first-order valence-electron chi connectivity index (χ1n) is 8.27. The van der Waals surface area contributed by atoms with Gasteiger partial charge in [-0.15, -0.1) is 10.2 Å². The lowest BCUT2D eigenvalue weighted by Gasteiger charge is -2.12. The Hall–Kier alpha value is -3.22. The number of hydrogen-bond acceptors (Lipinski definition) is 4. The molecule has 0 radical (unpaired) electrons. The number of alkyl halides is 1. The number of rotatable bonds is 3. The molecule has 1 amide bonds. The lowest BCUT2D eigenvalue weighted by molar-refractivity contribution is -0.125. The summed E-state index contributed by atoms with van der Waals surface area (Å²) >= 11 is 0. The zero-order valence-electron chi connectivity index (χ0n) is 13.9. The van der Waals surface area contributed by atoms with E-state index in [1.54, 1.807) is 30.3 Å². The largest absolute Gasteiger partial charge is 0.507 e. The number of H-pyrrole nitrogens is 1. The van der Waals surface area contributed by atoms with Gasteiger partial charge in [0.05, 0.1) is 12.2 Å². The number of phenolic OH excluding ortho intramolecular Hbond substituents is 1. The van der Waals surface area contributed by atoms with Gasteiger partial charge >= 0.3 is 0 Å². The van der Waals surface area contributed by atoms with E-state index in [0.29, 0.717) is 29.1 Å². The zero-order chi connectivity index (χ0) is 18.3. The minimum absolute atomic E-state index is 0.0553. The molecule has 2 atom stereocenters. The summed E-state index contributed by atoms with van der Waals surface area (Å²) in [5.41, 5.74) is 2.33. The Morgan fingerprint density at radius 1 is 1.31 bits per heavy atom. The number of aromatic hydroxyl groups is 1. The van der Waals surface area contributed by atoms with Gasteiger partial charge in [-0.25, -0.2) is 4.39 Å². The van der Waals surface area contributed by atoms with Crippen LogP contribution in [0.4, 0.5) is 4.39 Å². The Morgan fingerprint density at radius 2 is 2.12 bits per heavy atom. The summed E-state index contributed by atoms with van der Waals surface area (Å²) < 4.78 is 14.4. The van der Waals surface area contributed by atoms with Crippen LogP contribution >= 0.6 is 0 Å². The maximum absolute atomic E-state index is 14.4. The van der Waals surface area contributed by atoms with Gasteiger partial charge in [0.2, 0.25) is 5.91 Å². The van der Waals surface area contributed by atoms with Crippen LogP contribution < -0.4 is 0 Å². The number of hydrogen-bond donors (Lipinski definition) is 2. The second-order valence-electron chi connectivity index (χ2n) is 6.35. The topological polar surface area (TPSA) is 82.1 Å². The molecular formula is C19H17FN4O2. The van der Waals surface area contributed by atoms with E-state index in [4.69, 9.17) is 0 Å². The lowest BCUT2D eigenvalue weighted by Crippen LogP contribution is -2.27. The van der Waals surface area contributed by atoms with Crippen molar-refractivity contribution < 1.29 is 14.3 Å². The first kappa shape index (κ1) is 16.3. The minimum Gasteiger partial charge on any atom is -0.507 e. The van der Waals surface area contributed by atoms with Crippen molar-refractivity contribution in [1.82, 2.24) is 20.1 Å². The van der Waals surface area contributed by atoms with Crippen LogP contribution in [0.25, 0.3) is 22.3 Å². The maximum Gasteiger partial charge on any atom is 0.246 e. The molecule has 1 unspecified atom stereocenters. The Labute approximate surface area is 149 Å². The predicted molar refractivity (Wildman–Crippen MR) is 95.4 cm³/mol. The van der Waals surface area contributed by atoms with Crippen molar-refractivity contribution in [3.8, 4) is 17.0 Å². The number of carbonyl (C=O) groups is 1. The number of benzene rings is 1. The summed E-state index contributed by atoms with van der Waals surface area (Å²) in [6.07, 6.45) is 0.0438. The van der Waals surface area contributed by atoms with E-state index in [1.165, 1.54) is 11.0 Å². The van der Waals surface area contributed by atoms with E-state index < -0.39 is 12.1 Å². The van der Waals surface area contributed by atoms with Crippen molar-refractivity contribution in [2.75, 3.05) is 13.1 Å². The summed E-state index contributed by atoms with van der Waals surface area (Å²) in [7, 11) is 0. The molecule has 1 fully saturated rings. The number of nitrogens with zero attached hydrogens (tertiary/aromatic N) is 3. The van der Waals surface area contributed by atoms with Gasteiger partial charge in [-0.3, -0.25) is 4.79 Å². The van der Waals surface area contributed by atoms with E-state index in [0.717, 1.165) is 5.39 Å². The number of fused-ring (bicyclic) bond motifs is 1. The molecule has 0 bridgehead atoms. The van der Waals surface area contributed by atoms with Crippen LogP contribution in [0.5, 0.6) is 5.75 Å². The van der Waals surface area contributed by atoms with E-state index in [2.05, 4.69) is 21.8 Å². The summed E-state index contributed by atoms with van der Waals surface area (Å²) in [4.78, 5) is 16.3. The number of carbonyl (C=O) groups excluding carboxylic acids is 1. The van der Waals surface area contributed by atoms with Gasteiger partial charge in [-0.1, -0.05) is 18.7 Å². The predicted octanol–water partition coefficient (Wildman–Crippen LogP) is 2.78. The Morgan fingerprint density at radius 3 is 2.88 bits per heavy atom. The van der Waals surface area contributed by atoms with Crippen molar-refractivity contribution in [3.63, 3.8) is 0 Å². The van der Waals surface area contributed by atoms with Crippen molar-refractivity contribution in [3.05, 3.63) is 54.7 Å². The molecule has 132 valence electrons. The highest BCUT2D eigenvalue weighted by molar-refractivity contribution is 5.87. The van der Waals surface area contributed by atoms with Gasteiger partial charge < -0.3 is 15.0 Å². The van der Waals surface area contributed by atoms with Gasteiger partial charge in [0.15, 0.2) is 5.65 Å². The molecule has 2 aromatic heterocycles. The van der Waals surface area contributed by atoms with Crippen LogP contribution in [-0.4, -0.2) is 50.4 Å². The fourth-order valence-corrected chi connectivity index (χ4v) is 3.34. The molecule has 0 saturated carbocycles. The molecule has 7 heteroatoms. The first-order chi connectivity index (χ1) is 12.6. The second-order valence-corrected chi connectivity index (χ2v) is 6.35. The number of halogens is 1. The summed E-state index contributed by atoms with van der Waals surface area (Å²) in [5, 5.41) is 19.0. The zero-order valence-corrected chi connectivity index (χ0v) is 13.9. The Balaban J connectivity index is 1.67. The number of likely N-dealkylation sites (tertiary alicyclic amines) is 1. The molecule has 2 N–H and O–H groups in total. The first-order valence-corrected chi connectivity index (χ1v) is 8.27. The number of para-hydroxylation sites is 1. The third-order valence-electron chi connectivity index (χ3n) is 4.71. The van der Waals surface area contributed by atoms with E-state index in [1.807, 2.05) is 6.07 Å². The van der Waals surface area contributed by atoms with Crippen molar-refractivity contribution in [1.29, 1.82) is 0 Å². The highest BCUT2D eigenvalue weighted by Crippen LogP contribution is 2.33. The van der Waals surface area contributed by atoms with Crippen molar-refractivity contribution in [2.45, 2.75) is 12.1 Å². The van der Waals surface area contributed by atoms with Gasteiger partial charge in [0.1, 0.15) is 11.9 Å². The molecule has 1 saturated heterocycles. The monoisotopic (exact) mass is 352 g/mol. The van der Waals surface area contributed by atoms with Crippen LogP contribution in [0.3, 0.4) is 0 Å². The molecule has 1 aliphatic rings. The average molecular weight is 352 g/mol. The normalized spacial score (nSPS) is 19.8. The third kappa shape index (κ3) is 2.71. The molecule has 0 aliphatic carbocycles. The molecule has 0 spiro atoms. The highest BCUT2D eigenvalue weighted by atomic mass is 19.1. The van der Waals surface area contributed by atoms with Crippen LogP contribution in [0.1, 0.15) is 11.6 Å². The number of amides is 1. The van der Waals surface area contributed by atoms with E-state index >= 15 is 0 Å². The number of phenols is 1. The van der Waals surface area contributed by atoms with Gasteiger partial charge in [0, 0.05) is 29.1 Å². The van der Waals surface area contributed by atoms with Crippen LogP contribution in [0.15, 0.2) is 49.1 Å². The molecule has 1 aromatic carbocycles. The maximum atomic E-state index is 14.4. The molecule has 3 heterocycles. The van der Waals surface area contributed by atoms with E-state index in [-0.39, 0.29) is 18.2 Å². The molecule has 6 nitrogen and oxygen atoms in total. The van der Waals surface area contributed by atoms with Gasteiger partial charge in [-0.05, 0) is 30.3 Å². The average Bonchev–Trinajstić information content (AvgIpc) is 3.24. The minimum atomic E-state index is -1.16. The van der Waals surface area contributed by atoms with Crippen molar-refractivity contribution >= 4 is 16.9 Å². The third-order valence-corrected chi connectivity index (χ3v) is 4.71. The van der Waals surface area contributed by atoms with Crippen LogP contribution in [0.2, 0.25) is 0 Å². The molecular weight excluding hydrogens is 335 g/mol. The molecule has 3 aromatic rings. The van der Waals surface area contributed by atoms with Gasteiger partial charge in [-0.2, -0.15) is 0 Å². The quantitative estimate of drug-likeness (QED) is 0.710. The summed E-state index contributed by atoms with van der Waals surface area (Å²) in [6, 6.07) is 10.5. The fourth-order valence-electron chi connectivity index (χ4n) is 3.34. The smallest absolute Gasteiger partial charge is 0.246 e. The van der Waals surface area contributed by atoms with Crippen LogP contribution in [-0.2, 0) is 4.79 Å². The van der Waals surface area contributed by atoms with Crippen LogP contribution in [0, 0.1) is 0 Å². The standard InChI is InChI=1S/C19H17FN4O2/c1-2-18(26)24-9-13(14(20)10-24)15-7-11-8-16(22-23-19(11)21-15)12-5-3-4-6-17(12)25/h2-8,13-14,25H,1,9-10H2,(H,21,23)/t13?,14-/m1/s1. The van der Waals surface area contributed by atoms with Crippen molar-refractivity contribution in [2.24, 2.45) is 0 Å². The second kappa shape index (κ2) is 6.25. The SMILES string of the molecule is C=CC(=O)N1CC(c2cc3cc(-c4ccccc4O)nnc3[nH]2)[C@H](F)C1. The highest BCUT2D eigenvalue weighted by Gasteiger charge is 2.36. The van der Waals surface area contributed by atoms with Gasteiger partial charge in [0.25, 0.3) is 0 Å². The lowest BCUT2D eigenvalue weighted by atomic mass is 10.0. The Kier molecular flexibility index (Phi) is 3.91. The number of nitrogens with one attached hydrogen (secondary N) is 1. The molecule has 4 rings (SSSR count). The molecule has 26 heavy (non-hydrogen) atoms. The Bertz CT molecular complexity index is 1000. The number of aromatic nitrogens is 3. The van der Waals surface area contributed by atoms with E-state index in [9.17, 15) is 14.3 Å². The fraction of sp³-hybridized carbons (Fsp3) is 0.211. The summed E-state index contributed by atoms with van der Waals surface area (Å²) in [6.45, 7) is 3.79. The number of aromatic amines is 1. The molecule has 1 aliphatic heterocycles. The summed E-state index contributed by atoms with van der Waals surface area (Å²) in [5.74, 6) is -0.593.